The monoisotopic (exact) mass is 442 g/mol. The Balaban J connectivity index is 1.63. The van der Waals surface area contributed by atoms with Crippen molar-refractivity contribution in [2.24, 2.45) is 0 Å². The number of piperidine rings is 1. The molecule has 0 aromatic heterocycles. The van der Waals surface area contributed by atoms with Gasteiger partial charge in [-0.25, -0.2) is 4.79 Å². The van der Waals surface area contributed by atoms with Crippen LogP contribution in [0.5, 0.6) is 0 Å². The van der Waals surface area contributed by atoms with E-state index in [2.05, 4.69) is 47.5 Å². The molecule has 2 N–H and O–H groups in total. The third-order valence-electron chi connectivity index (χ3n) is 6.31. The molecule has 0 saturated carbocycles. The summed E-state index contributed by atoms with van der Waals surface area (Å²) in [7, 11) is 0. The normalized spacial score (nSPS) is 14.5. The molecule has 1 saturated heterocycles. The second-order valence-corrected chi connectivity index (χ2v) is 8.64. The Bertz CT molecular complexity index is 1120. The summed E-state index contributed by atoms with van der Waals surface area (Å²) in [6, 6.07) is 22.7. The molecule has 1 heterocycles. The van der Waals surface area contributed by atoms with Crippen molar-refractivity contribution >= 4 is 17.6 Å². The van der Waals surface area contributed by atoms with Gasteiger partial charge >= 0.3 is 5.97 Å². The van der Waals surface area contributed by atoms with Crippen molar-refractivity contribution in [3.05, 3.63) is 101 Å². The average Bonchev–Trinajstić information content (AvgIpc) is 2.84. The van der Waals surface area contributed by atoms with Crippen LogP contribution in [0.3, 0.4) is 0 Å². The van der Waals surface area contributed by atoms with Gasteiger partial charge in [-0.05, 0) is 61.1 Å². The quantitative estimate of drug-likeness (QED) is 0.532. The van der Waals surface area contributed by atoms with Gasteiger partial charge in [0.25, 0.3) is 0 Å². The smallest absolute Gasteiger partial charge is 0.335 e. The fraction of sp³-hybridized carbons (Fsp3) is 0.286. The number of benzene rings is 3. The number of aryl methyl sites for hydroxylation is 1. The lowest BCUT2D eigenvalue weighted by Crippen LogP contribution is -2.34. The van der Waals surface area contributed by atoms with E-state index in [4.69, 9.17) is 5.11 Å². The number of amides is 1. The minimum absolute atomic E-state index is 0.0974. The number of carbonyl (C=O) groups is 2. The number of anilines is 1. The Kier molecular flexibility index (Phi) is 7.08. The fourth-order valence-electron chi connectivity index (χ4n) is 4.55. The Morgan fingerprint density at radius 3 is 2.18 bits per heavy atom. The number of carbonyl (C=O) groups excluding carboxylic acids is 1. The van der Waals surface area contributed by atoms with Gasteiger partial charge in [0.1, 0.15) is 0 Å². The van der Waals surface area contributed by atoms with Crippen LogP contribution in [0.1, 0.15) is 57.9 Å². The van der Waals surface area contributed by atoms with Gasteiger partial charge in [0, 0.05) is 24.3 Å². The largest absolute Gasteiger partial charge is 0.478 e. The molecule has 0 radical (unpaired) electrons. The number of hydrogen-bond acceptors (Lipinski definition) is 3. The summed E-state index contributed by atoms with van der Waals surface area (Å²) in [4.78, 5) is 26.7. The standard InChI is InChI=1S/C28H30N2O3/c1-20-9-3-4-10-23(20)27(24-11-5-6-12-25(24)30-17-7-2-8-18-30)29-26(31)19-21-13-15-22(16-14-21)28(32)33/h3-6,9-16,27H,2,7-8,17-19H2,1H3,(H,29,31)(H,32,33). The van der Waals surface area contributed by atoms with Crippen molar-refractivity contribution in [2.75, 3.05) is 18.0 Å². The molecule has 170 valence electrons. The van der Waals surface area contributed by atoms with E-state index < -0.39 is 5.97 Å². The first-order chi connectivity index (χ1) is 16.0. The van der Waals surface area contributed by atoms with Gasteiger partial charge < -0.3 is 15.3 Å². The lowest BCUT2D eigenvalue weighted by atomic mass is 9.92. The lowest BCUT2D eigenvalue weighted by molar-refractivity contribution is -0.120. The first kappa shape index (κ1) is 22.6. The molecule has 5 nitrogen and oxygen atoms in total. The Labute approximate surface area is 195 Å². The van der Waals surface area contributed by atoms with E-state index in [1.165, 1.54) is 37.1 Å². The van der Waals surface area contributed by atoms with Crippen LogP contribution in [0.4, 0.5) is 5.69 Å². The van der Waals surface area contributed by atoms with Crippen molar-refractivity contribution in [3.8, 4) is 0 Å². The van der Waals surface area contributed by atoms with Crippen molar-refractivity contribution in [1.29, 1.82) is 0 Å². The molecular weight excluding hydrogens is 412 g/mol. The molecule has 1 unspecified atom stereocenters. The predicted octanol–water partition coefficient (Wildman–Crippen LogP) is 5.13. The summed E-state index contributed by atoms with van der Waals surface area (Å²) in [5.41, 5.74) is 5.48. The molecule has 1 amide bonds. The number of rotatable bonds is 7. The van der Waals surface area contributed by atoms with Crippen LogP contribution in [0.25, 0.3) is 0 Å². The van der Waals surface area contributed by atoms with Crippen LogP contribution < -0.4 is 10.2 Å². The van der Waals surface area contributed by atoms with Gasteiger partial charge in [-0.1, -0.05) is 54.6 Å². The fourth-order valence-corrected chi connectivity index (χ4v) is 4.55. The summed E-state index contributed by atoms with van der Waals surface area (Å²) in [5, 5.41) is 12.4. The van der Waals surface area contributed by atoms with E-state index in [0.29, 0.717) is 0 Å². The Morgan fingerprint density at radius 1 is 0.879 bits per heavy atom. The second kappa shape index (κ2) is 10.3. The molecule has 3 aromatic carbocycles. The van der Waals surface area contributed by atoms with Crippen LogP contribution in [0.15, 0.2) is 72.8 Å². The molecule has 5 heteroatoms. The summed E-state index contributed by atoms with van der Waals surface area (Å²) in [5.74, 6) is -1.07. The Hall–Kier alpha value is -3.60. The molecule has 0 spiro atoms. The average molecular weight is 443 g/mol. The van der Waals surface area contributed by atoms with Crippen LogP contribution >= 0.6 is 0 Å². The summed E-state index contributed by atoms with van der Waals surface area (Å²) < 4.78 is 0. The van der Waals surface area contributed by atoms with Gasteiger partial charge in [0.15, 0.2) is 0 Å². The predicted molar refractivity (Wildman–Crippen MR) is 131 cm³/mol. The van der Waals surface area contributed by atoms with E-state index in [-0.39, 0.29) is 23.9 Å². The number of nitrogens with zero attached hydrogens (tertiary/aromatic N) is 1. The topological polar surface area (TPSA) is 69.6 Å². The zero-order chi connectivity index (χ0) is 23.2. The van der Waals surface area contributed by atoms with Gasteiger partial charge in [-0.15, -0.1) is 0 Å². The molecule has 1 aliphatic rings. The summed E-state index contributed by atoms with van der Waals surface area (Å²) in [6.45, 7) is 4.13. The van der Waals surface area contributed by atoms with E-state index in [1.807, 2.05) is 18.2 Å². The second-order valence-electron chi connectivity index (χ2n) is 8.64. The maximum absolute atomic E-state index is 13.1. The molecule has 1 aliphatic heterocycles. The number of aromatic carboxylic acids is 1. The van der Waals surface area contributed by atoms with Crippen molar-refractivity contribution in [1.82, 2.24) is 5.32 Å². The number of hydrogen-bond donors (Lipinski definition) is 2. The van der Waals surface area contributed by atoms with Crippen molar-refractivity contribution < 1.29 is 14.7 Å². The number of nitrogens with one attached hydrogen (secondary N) is 1. The van der Waals surface area contributed by atoms with Gasteiger partial charge in [-0.3, -0.25) is 4.79 Å². The van der Waals surface area contributed by atoms with Gasteiger partial charge in [-0.2, -0.15) is 0 Å². The zero-order valence-electron chi connectivity index (χ0n) is 19.0. The van der Waals surface area contributed by atoms with Crippen LogP contribution in [-0.2, 0) is 11.2 Å². The van der Waals surface area contributed by atoms with E-state index in [1.54, 1.807) is 12.1 Å². The first-order valence-electron chi connectivity index (χ1n) is 11.5. The van der Waals surface area contributed by atoms with Crippen LogP contribution in [-0.4, -0.2) is 30.1 Å². The van der Waals surface area contributed by atoms with Crippen LogP contribution in [0, 0.1) is 6.92 Å². The SMILES string of the molecule is Cc1ccccc1C(NC(=O)Cc1ccc(C(=O)O)cc1)c1ccccc1N1CCCCC1. The molecule has 3 aromatic rings. The van der Waals surface area contributed by atoms with E-state index in [0.717, 1.165) is 35.3 Å². The Morgan fingerprint density at radius 2 is 1.52 bits per heavy atom. The molecular formula is C28H30N2O3. The molecule has 0 bridgehead atoms. The molecule has 1 fully saturated rings. The highest BCUT2D eigenvalue weighted by Gasteiger charge is 2.24. The zero-order valence-corrected chi connectivity index (χ0v) is 19.0. The maximum atomic E-state index is 13.1. The molecule has 1 atom stereocenters. The van der Waals surface area contributed by atoms with E-state index >= 15 is 0 Å². The highest BCUT2D eigenvalue weighted by atomic mass is 16.4. The van der Waals surface area contributed by atoms with Gasteiger partial charge in [0.05, 0.1) is 18.0 Å². The highest BCUT2D eigenvalue weighted by Crippen LogP contribution is 2.33. The lowest BCUT2D eigenvalue weighted by Gasteiger charge is -2.33. The number of carboxylic acids is 1. The van der Waals surface area contributed by atoms with Gasteiger partial charge in [0.2, 0.25) is 5.91 Å². The number of para-hydroxylation sites is 1. The molecule has 4 rings (SSSR count). The van der Waals surface area contributed by atoms with E-state index in [9.17, 15) is 9.59 Å². The van der Waals surface area contributed by atoms with Crippen LogP contribution in [0.2, 0.25) is 0 Å². The first-order valence-corrected chi connectivity index (χ1v) is 11.5. The molecule has 33 heavy (non-hydrogen) atoms. The third-order valence-corrected chi connectivity index (χ3v) is 6.31. The molecule has 0 aliphatic carbocycles. The van der Waals surface area contributed by atoms with Crippen molar-refractivity contribution in [3.63, 3.8) is 0 Å². The summed E-state index contributed by atoms with van der Waals surface area (Å²) in [6.07, 6.45) is 3.82. The number of carboxylic acid groups (broad SMARTS) is 1. The minimum Gasteiger partial charge on any atom is -0.478 e. The highest BCUT2D eigenvalue weighted by molar-refractivity contribution is 5.88. The minimum atomic E-state index is -0.972. The third kappa shape index (κ3) is 5.43. The maximum Gasteiger partial charge on any atom is 0.335 e. The summed E-state index contributed by atoms with van der Waals surface area (Å²) >= 11 is 0. The van der Waals surface area contributed by atoms with Crippen molar-refractivity contribution in [2.45, 2.75) is 38.6 Å².